The van der Waals surface area contributed by atoms with Gasteiger partial charge in [0.1, 0.15) is 0 Å². The van der Waals surface area contributed by atoms with Crippen molar-refractivity contribution in [2.45, 2.75) is 33.3 Å². The number of halogens is 1. The lowest BCUT2D eigenvalue weighted by Crippen LogP contribution is -2.25. The van der Waals surface area contributed by atoms with Crippen LogP contribution in [-0.2, 0) is 0 Å². The molecule has 0 saturated heterocycles. The second-order valence-corrected chi connectivity index (χ2v) is 5.44. The van der Waals surface area contributed by atoms with Gasteiger partial charge in [-0.05, 0) is 11.8 Å². The van der Waals surface area contributed by atoms with E-state index in [0.29, 0.717) is 12.4 Å². The summed E-state index contributed by atoms with van der Waals surface area (Å²) >= 11 is 0. The third-order valence-corrected chi connectivity index (χ3v) is 2.32. The van der Waals surface area contributed by atoms with E-state index < -0.39 is 11.9 Å². The fourth-order valence-electron chi connectivity index (χ4n) is 1.61. The molecule has 0 amide bonds. The monoisotopic (exact) mass is 256 g/mol. The van der Waals surface area contributed by atoms with E-state index in [9.17, 15) is 9.50 Å². The highest BCUT2D eigenvalue weighted by Gasteiger charge is 2.17. The molecule has 6 heteroatoms. The lowest BCUT2D eigenvalue weighted by molar-refractivity contribution is 0.132. The molecule has 18 heavy (non-hydrogen) atoms. The predicted molar refractivity (Wildman–Crippen MR) is 70.1 cm³/mol. The predicted octanol–water partition coefficient (Wildman–Crippen LogP) is 1.87. The van der Waals surface area contributed by atoms with Gasteiger partial charge in [0.05, 0.1) is 12.3 Å². The topological polar surface area (TPSA) is 70.1 Å². The van der Waals surface area contributed by atoms with E-state index in [1.165, 1.54) is 0 Å². The summed E-state index contributed by atoms with van der Waals surface area (Å²) < 4.78 is 13.4. The molecule has 1 rings (SSSR count). The van der Waals surface area contributed by atoms with Crippen LogP contribution >= 0.6 is 0 Å². The average molecular weight is 256 g/mol. The summed E-state index contributed by atoms with van der Waals surface area (Å²) in [7, 11) is 1.66. The zero-order valence-corrected chi connectivity index (χ0v) is 11.3. The Hall–Kier alpha value is -1.43. The summed E-state index contributed by atoms with van der Waals surface area (Å²) in [5.41, 5.74) is 0.0292. The number of aliphatic hydroxyl groups excluding tert-OH is 1. The second kappa shape index (κ2) is 5.95. The number of hydrogen-bond donors (Lipinski definition) is 3. The molecule has 0 bridgehead atoms. The number of nitrogens with zero attached hydrogens (tertiary/aromatic N) is 2. The summed E-state index contributed by atoms with van der Waals surface area (Å²) in [5.74, 6) is -0.0940. The van der Waals surface area contributed by atoms with Crippen molar-refractivity contribution in [1.29, 1.82) is 0 Å². The minimum Gasteiger partial charge on any atom is -0.391 e. The minimum absolute atomic E-state index is 0.0292. The smallest absolute Gasteiger partial charge is 0.224 e. The zero-order valence-electron chi connectivity index (χ0n) is 11.3. The van der Waals surface area contributed by atoms with Gasteiger partial charge in [0.15, 0.2) is 11.6 Å². The molecule has 5 nitrogen and oxygen atoms in total. The molecule has 0 aliphatic carbocycles. The van der Waals surface area contributed by atoms with E-state index in [4.69, 9.17) is 0 Å². The van der Waals surface area contributed by atoms with E-state index in [-0.39, 0.29) is 17.8 Å². The maximum Gasteiger partial charge on any atom is 0.224 e. The number of aromatic nitrogens is 2. The van der Waals surface area contributed by atoms with Crippen LogP contribution in [0.5, 0.6) is 0 Å². The van der Waals surface area contributed by atoms with Gasteiger partial charge in [-0.15, -0.1) is 0 Å². The van der Waals surface area contributed by atoms with Crippen LogP contribution < -0.4 is 10.6 Å². The van der Waals surface area contributed by atoms with Gasteiger partial charge in [0.2, 0.25) is 5.95 Å². The molecule has 0 aromatic carbocycles. The van der Waals surface area contributed by atoms with Gasteiger partial charge in [-0.3, -0.25) is 0 Å². The van der Waals surface area contributed by atoms with Gasteiger partial charge in [-0.2, -0.15) is 4.98 Å². The van der Waals surface area contributed by atoms with Gasteiger partial charge in [0, 0.05) is 13.6 Å². The normalized spacial score (nSPS) is 13.2. The Kier molecular flexibility index (Phi) is 4.84. The lowest BCUT2D eigenvalue weighted by atomic mass is 9.89. The third kappa shape index (κ3) is 4.83. The van der Waals surface area contributed by atoms with E-state index in [0.717, 1.165) is 6.20 Å². The number of nitrogens with one attached hydrogen (secondary N) is 2. The van der Waals surface area contributed by atoms with Crippen LogP contribution in [0.15, 0.2) is 6.20 Å². The molecule has 1 atom stereocenters. The highest BCUT2D eigenvalue weighted by Crippen LogP contribution is 2.21. The summed E-state index contributed by atoms with van der Waals surface area (Å²) in [4.78, 5) is 7.68. The van der Waals surface area contributed by atoms with Crippen LogP contribution in [0.4, 0.5) is 16.2 Å². The van der Waals surface area contributed by atoms with Crippen molar-refractivity contribution < 1.29 is 9.50 Å². The first kappa shape index (κ1) is 14.6. The molecule has 0 radical (unpaired) electrons. The Morgan fingerprint density at radius 1 is 1.44 bits per heavy atom. The quantitative estimate of drug-likeness (QED) is 0.750. The zero-order chi connectivity index (χ0) is 13.8. The van der Waals surface area contributed by atoms with E-state index in [2.05, 4.69) is 20.6 Å². The van der Waals surface area contributed by atoms with Gasteiger partial charge in [-0.25, -0.2) is 9.37 Å². The van der Waals surface area contributed by atoms with Crippen LogP contribution in [0.3, 0.4) is 0 Å². The first-order valence-corrected chi connectivity index (χ1v) is 5.94. The Labute approximate surface area is 107 Å². The molecule has 0 aliphatic rings. The molecule has 3 N–H and O–H groups in total. The van der Waals surface area contributed by atoms with E-state index in [1.54, 1.807) is 7.05 Å². The van der Waals surface area contributed by atoms with Gasteiger partial charge in [-0.1, -0.05) is 20.8 Å². The van der Waals surface area contributed by atoms with Crippen LogP contribution in [-0.4, -0.2) is 34.8 Å². The van der Waals surface area contributed by atoms with Gasteiger partial charge < -0.3 is 15.7 Å². The summed E-state index contributed by atoms with van der Waals surface area (Å²) in [5, 5.41) is 15.3. The summed E-state index contributed by atoms with van der Waals surface area (Å²) in [6.45, 7) is 6.39. The molecular weight excluding hydrogens is 235 g/mol. The van der Waals surface area contributed by atoms with Crippen molar-refractivity contribution in [2.24, 2.45) is 5.41 Å². The van der Waals surface area contributed by atoms with Crippen molar-refractivity contribution in [3.05, 3.63) is 12.0 Å². The fourth-order valence-corrected chi connectivity index (χ4v) is 1.61. The molecule has 0 saturated carbocycles. The van der Waals surface area contributed by atoms with E-state index >= 15 is 0 Å². The van der Waals surface area contributed by atoms with Crippen molar-refractivity contribution in [3.8, 4) is 0 Å². The highest BCUT2D eigenvalue weighted by atomic mass is 19.1. The second-order valence-electron chi connectivity index (χ2n) is 5.44. The third-order valence-electron chi connectivity index (χ3n) is 2.32. The largest absolute Gasteiger partial charge is 0.391 e. The summed E-state index contributed by atoms with van der Waals surface area (Å²) in [6, 6.07) is 0. The molecular formula is C12H21FN4O. The Bertz CT molecular complexity index is 392. The minimum atomic E-state index is -0.544. The first-order valence-electron chi connectivity index (χ1n) is 5.94. The molecule has 102 valence electrons. The number of anilines is 2. The number of rotatable bonds is 5. The fraction of sp³-hybridized carbons (Fsp3) is 0.667. The maximum absolute atomic E-state index is 13.4. The lowest BCUT2D eigenvalue weighted by Gasteiger charge is -2.22. The molecule has 1 aromatic heterocycles. The standard InChI is InChI=1S/C12H21FN4O/c1-12(2,3)5-8(18)6-15-10-9(13)7-16-11(14-4)17-10/h7-8,18H,5-6H2,1-4H3,(H2,14,15,16,17). The average Bonchev–Trinajstić information content (AvgIpc) is 2.25. The van der Waals surface area contributed by atoms with Crippen molar-refractivity contribution in [2.75, 3.05) is 24.2 Å². The molecule has 0 spiro atoms. The van der Waals surface area contributed by atoms with Gasteiger partial charge in [0.25, 0.3) is 0 Å². The Morgan fingerprint density at radius 3 is 2.67 bits per heavy atom. The van der Waals surface area contributed by atoms with Crippen LogP contribution in [0, 0.1) is 11.2 Å². The molecule has 1 aromatic rings. The number of hydrogen-bond acceptors (Lipinski definition) is 5. The number of aliphatic hydroxyl groups is 1. The molecule has 0 aliphatic heterocycles. The molecule has 0 fully saturated rings. The molecule has 1 unspecified atom stereocenters. The SMILES string of the molecule is CNc1ncc(F)c(NCC(O)CC(C)(C)C)n1. The highest BCUT2D eigenvalue weighted by molar-refractivity contribution is 5.40. The first-order chi connectivity index (χ1) is 8.31. The maximum atomic E-state index is 13.4. The van der Waals surface area contributed by atoms with Crippen LogP contribution in [0.1, 0.15) is 27.2 Å². The summed E-state index contributed by atoms with van der Waals surface area (Å²) in [6.07, 6.45) is 1.18. The van der Waals surface area contributed by atoms with Crippen LogP contribution in [0.25, 0.3) is 0 Å². The van der Waals surface area contributed by atoms with Gasteiger partial charge >= 0.3 is 0 Å². The van der Waals surface area contributed by atoms with E-state index in [1.807, 2.05) is 20.8 Å². The Morgan fingerprint density at radius 2 is 2.11 bits per heavy atom. The Balaban J connectivity index is 2.57. The van der Waals surface area contributed by atoms with Crippen molar-refractivity contribution >= 4 is 11.8 Å². The van der Waals surface area contributed by atoms with Crippen LogP contribution in [0.2, 0.25) is 0 Å². The molecule has 1 heterocycles. The van der Waals surface area contributed by atoms with Crippen molar-refractivity contribution in [3.63, 3.8) is 0 Å². The van der Waals surface area contributed by atoms with Crippen molar-refractivity contribution in [1.82, 2.24) is 9.97 Å².